The molecule has 0 heterocycles. The Bertz CT molecular complexity index is 924. The van der Waals surface area contributed by atoms with E-state index in [1.807, 2.05) is 60.7 Å². The fourth-order valence-electron chi connectivity index (χ4n) is 4.18. The van der Waals surface area contributed by atoms with Crippen molar-refractivity contribution < 1.29 is 19.1 Å². The summed E-state index contributed by atoms with van der Waals surface area (Å²) in [6.45, 7) is 6.91. The Hall–Kier alpha value is -3.35. The van der Waals surface area contributed by atoms with Crippen molar-refractivity contribution in [3.63, 3.8) is 0 Å². The molecule has 1 saturated carbocycles. The van der Waals surface area contributed by atoms with Crippen LogP contribution in [-0.2, 0) is 14.3 Å². The predicted molar refractivity (Wildman–Crippen MR) is 122 cm³/mol. The molecule has 0 aromatic heterocycles. The minimum absolute atomic E-state index is 0.320. The molecular formula is C25H31N3O4. The second-order valence-corrected chi connectivity index (χ2v) is 9.08. The third-order valence-electron chi connectivity index (χ3n) is 5.59. The van der Waals surface area contributed by atoms with Crippen LogP contribution in [0.2, 0.25) is 0 Å². The largest absolute Gasteiger partial charge is 0.444 e. The van der Waals surface area contributed by atoms with E-state index >= 15 is 0 Å². The number of likely N-dealkylation sites (N-methyl/N-ethyl adjacent to an activating group) is 1. The maximum Gasteiger partial charge on any atom is 0.408 e. The number of nitrogens with one attached hydrogen (secondary N) is 3. The molecule has 2 aromatic rings. The number of rotatable bonds is 6. The average molecular weight is 438 g/mol. The molecule has 1 aliphatic carbocycles. The van der Waals surface area contributed by atoms with Crippen molar-refractivity contribution in [2.24, 2.45) is 0 Å². The Balaban J connectivity index is 2.05. The molecule has 0 unspecified atom stereocenters. The van der Waals surface area contributed by atoms with Crippen LogP contribution in [0.5, 0.6) is 0 Å². The van der Waals surface area contributed by atoms with Crippen LogP contribution in [0.1, 0.15) is 50.7 Å². The summed E-state index contributed by atoms with van der Waals surface area (Å²) in [6, 6.07) is 18.4. The number of carbonyl (C=O) groups excluding carboxylic acids is 3. The molecule has 0 radical (unpaired) electrons. The SMILES string of the molecule is CNC(=O)[C@H](C)NC(=O)C1(NC(=O)OC(C)(C)C)[C@@H](c2ccccc2)[C@@H]1c1ccccc1. The summed E-state index contributed by atoms with van der Waals surface area (Å²) >= 11 is 0. The Labute approximate surface area is 188 Å². The van der Waals surface area contributed by atoms with Gasteiger partial charge in [-0.05, 0) is 38.8 Å². The molecule has 3 amide bonds. The Kier molecular flexibility index (Phi) is 6.57. The van der Waals surface area contributed by atoms with Gasteiger partial charge in [0.2, 0.25) is 11.8 Å². The molecule has 3 atom stereocenters. The number of amides is 3. The summed E-state index contributed by atoms with van der Waals surface area (Å²) in [7, 11) is 1.51. The van der Waals surface area contributed by atoms with E-state index in [1.54, 1.807) is 27.7 Å². The highest BCUT2D eigenvalue weighted by Gasteiger charge is 2.72. The van der Waals surface area contributed by atoms with E-state index in [0.29, 0.717) is 0 Å². The van der Waals surface area contributed by atoms with Crippen LogP contribution in [0.4, 0.5) is 4.79 Å². The fraction of sp³-hybridized carbons (Fsp3) is 0.400. The molecule has 32 heavy (non-hydrogen) atoms. The van der Waals surface area contributed by atoms with Crippen LogP contribution in [0, 0.1) is 0 Å². The lowest BCUT2D eigenvalue weighted by molar-refractivity contribution is -0.130. The van der Waals surface area contributed by atoms with E-state index in [0.717, 1.165) is 11.1 Å². The molecule has 0 aliphatic heterocycles. The molecule has 1 fully saturated rings. The van der Waals surface area contributed by atoms with Crippen LogP contribution in [0.15, 0.2) is 60.7 Å². The molecule has 7 nitrogen and oxygen atoms in total. The van der Waals surface area contributed by atoms with Crippen molar-refractivity contribution in [3.8, 4) is 0 Å². The number of hydrogen-bond donors (Lipinski definition) is 3. The van der Waals surface area contributed by atoms with Gasteiger partial charge in [-0.3, -0.25) is 9.59 Å². The van der Waals surface area contributed by atoms with E-state index < -0.39 is 29.2 Å². The Morgan fingerprint density at radius 2 is 1.38 bits per heavy atom. The lowest BCUT2D eigenvalue weighted by Crippen LogP contribution is -2.56. The lowest BCUT2D eigenvalue weighted by Gasteiger charge is -2.25. The molecule has 170 valence electrons. The first-order valence-electron chi connectivity index (χ1n) is 10.7. The topological polar surface area (TPSA) is 96.5 Å². The van der Waals surface area contributed by atoms with Crippen molar-refractivity contribution in [2.45, 2.75) is 56.7 Å². The standard InChI is InChI=1S/C25H31N3O4/c1-16(21(29)26-5)27-22(30)25(28-23(31)32-24(2,3)4)19(17-12-8-6-9-13-17)20(25)18-14-10-7-11-15-18/h6-16,19-20H,1-5H3,(H,26,29)(H,27,30)(H,28,31)/t16-,19-,20-/m0/s1. The second kappa shape index (κ2) is 9.02. The minimum atomic E-state index is -1.30. The van der Waals surface area contributed by atoms with Gasteiger partial charge in [0, 0.05) is 18.9 Å². The van der Waals surface area contributed by atoms with Crippen molar-refractivity contribution in [1.29, 1.82) is 0 Å². The summed E-state index contributed by atoms with van der Waals surface area (Å²) in [6.07, 6.45) is -0.681. The van der Waals surface area contributed by atoms with Crippen LogP contribution < -0.4 is 16.0 Å². The van der Waals surface area contributed by atoms with Crippen molar-refractivity contribution in [3.05, 3.63) is 71.8 Å². The summed E-state index contributed by atoms with van der Waals surface area (Å²) in [5, 5.41) is 8.19. The first-order valence-corrected chi connectivity index (χ1v) is 10.7. The fourth-order valence-corrected chi connectivity index (χ4v) is 4.18. The van der Waals surface area contributed by atoms with Gasteiger partial charge in [0.1, 0.15) is 17.2 Å². The van der Waals surface area contributed by atoms with Crippen molar-refractivity contribution in [2.75, 3.05) is 7.05 Å². The van der Waals surface area contributed by atoms with Crippen molar-refractivity contribution in [1.82, 2.24) is 16.0 Å². The number of alkyl carbamates (subject to hydrolysis) is 1. The van der Waals surface area contributed by atoms with Gasteiger partial charge < -0.3 is 20.7 Å². The summed E-state index contributed by atoms with van der Waals surface area (Å²) in [5.41, 5.74) is -0.190. The van der Waals surface area contributed by atoms with E-state index in [9.17, 15) is 14.4 Å². The molecule has 3 rings (SSSR count). The zero-order chi connectivity index (χ0) is 23.5. The van der Waals surface area contributed by atoms with Gasteiger partial charge in [0.15, 0.2) is 0 Å². The van der Waals surface area contributed by atoms with E-state index in [4.69, 9.17) is 4.74 Å². The minimum Gasteiger partial charge on any atom is -0.444 e. The Morgan fingerprint density at radius 3 is 1.78 bits per heavy atom. The smallest absolute Gasteiger partial charge is 0.408 e. The van der Waals surface area contributed by atoms with E-state index in [1.165, 1.54) is 7.05 Å². The molecule has 1 aliphatic rings. The predicted octanol–water partition coefficient (Wildman–Crippen LogP) is 3.08. The highest BCUT2D eigenvalue weighted by molar-refractivity contribution is 5.99. The molecular weight excluding hydrogens is 406 g/mol. The van der Waals surface area contributed by atoms with Crippen LogP contribution >= 0.6 is 0 Å². The van der Waals surface area contributed by atoms with Gasteiger partial charge in [-0.2, -0.15) is 0 Å². The zero-order valence-corrected chi connectivity index (χ0v) is 19.1. The lowest BCUT2D eigenvalue weighted by atomic mass is 10.0. The molecule has 0 saturated heterocycles. The molecule has 7 heteroatoms. The first kappa shape index (κ1) is 23.3. The summed E-state index contributed by atoms with van der Waals surface area (Å²) < 4.78 is 5.50. The monoisotopic (exact) mass is 437 g/mol. The van der Waals surface area contributed by atoms with Crippen LogP contribution in [0.25, 0.3) is 0 Å². The molecule has 0 spiro atoms. The van der Waals surface area contributed by atoms with E-state index in [2.05, 4.69) is 16.0 Å². The van der Waals surface area contributed by atoms with Gasteiger partial charge in [0.05, 0.1) is 0 Å². The van der Waals surface area contributed by atoms with Crippen molar-refractivity contribution >= 4 is 17.9 Å². The van der Waals surface area contributed by atoms with Gasteiger partial charge in [0.25, 0.3) is 0 Å². The zero-order valence-electron chi connectivity index (χ0n) is 19.1. The summed E-state index contributed by atoms with van der Waals surface area (Å²) in [4.78, 5) is 38.6. The number of ether oxygens (including phenoxy) is 1. The van der Waals surface area contributed by atoms with Gasteiger partial charge in [-0.1, -0.05) is 60.7 Å². The molecule has 3 N–H and O–H groups in total. The van der Waals surface area contributed by atoms with Gasteiger partial charge >= 0.3 is 6.09 Å². The second-order valence-electron chi connectivity index (χ2n) is 9.08. The average Bonchev–Trinajstić information content (AvgIpc) is 3.42. The normalized spacial score (nSPS) is 22.9. The van der Waals surface area contributed by atoms with Crippen LogP contribution in [-0.4, -0.2) is 42.1 Å². The van der Waals surface area contributed by atoms with Gasteiger partial charge in [-0.25, -0.2) is 4.79 Å². The third kappa shape index (κ3) is 4.77. The highest BCUT2D eigenvalue weighted by Crippen LogP contribution is 2.63. The molecule has 2 aromatic carbocycles. The number of hydrogen-bond acceptors (Lipinski definition) is 4. The maximum atomic E-state index is 13.7. The van der Waals surface area contributed by atoms with E-state index in [-0.39, 0.29) is 17.7 Å². The third-order valence-corrected chi connectivity index (χ3v) is 5.59. The maximum absolute atomic E-state index is 13.7. The quantitative estimate of drug-likeness (QED) is 0.647. The highest BCUT2D eigenvalue weighted by atomic mass is 16.6. The first-order chi connectivity index (χ1) is 15.1. The number of carbonyl (C=O) groups is 3. The number of benzene rings is 2. The van der Waals surface area contributed by atoms with Gasteiger partial charge in [-0.15, -0.1) is 0 Å². The molecule has 0 bridgehead atoms. The summed E-state index contributed by atoms with van der Waals surface area (Å²) in [5.74, 6) is -1.40. The Morgan fingerprint density at radius 1 is 0.906 bits per heavy atom. The van der Waals surface area contributed by atoms with Crippen LogP contribution in [0.3, 0.4) is 0 Å².